The van der Waals surface area contributed by atoms with Crippen LogP contribution in [-0.4, -0.2) is 0 Å². The molecular weight excluding hydrogens is 280 g/mol. The van der Waals surface area contributed by atoms with E-state index in [9.17, 15) is 4.39 Å². The highest BCUT2D eigenvalue weighted by atomic mass is 79.9. The molecule has 0 aliphatic heterocycles. The highest BCUT2D eigenvalue weighted by molar-refractivity contribution is 9.10. The fourth-order valence-electron chi connectivity index (χ4n) is 1.28. The average molecular weight is 295 g/mol. The molecule has 0 bridgehead atoms. The normalized spacial score (nSPS) is 11.7. The van der Waals surface area contributed by atoms with E-state index in [1.165, 1.54) is 12.1 Å². The Hall–Kier alpha value is -0.380. The molecule has 0 aliphatic carbocycles. The van der Waals surface area contributed by atoms with E-state index in [-0.39, 0.29) is 24.3 Å². The van der Waals surface area contributed by atoms with Crippen LogP contribution in [0.15, 0.2) is 34.8 Å². The van der Waals surface area contributed by atoms with Crippen LogP contribution in [0.25, 0.3) is 0 Å². The molecule has 1 nitrogen and oxygen atoms in total. The van der Waals surface area contributed by atoms with Crippen molar-refractivity contribution in [1.82, 2.24) is 0 Å². The minimum atomic E-state index is -0.272. The topological polar surface area (TPSA) is 26.0 Å². The predicted octanol–water partition coefficient (Wildman–Crippen LogP) is 3.98. The fourth-order valence-corrected chi connectivity index (χ4v) is 1.77. The molecule has 2 N–H and O–H groups in total. The van der Waals surface area contributed by atoms with Gasteiger partial charge >= 0.3 is 0 Å². The number of halogens is 3. The van der Waals surface area contributed by atoms with Gasteiger partial charge in [-0.25, -0.2) is 4.39 Å². The SMILES string of the molecule is C=C(C)C[C@@H](N)c1cc(F)cc(Br)c1.Cl. The third-order valence-electron chi connectivity index (χ3n) is 1.88. The smallest absolute Gasteiger partial charge is 0.124 e. The number of hydrogen-bond acceptors (Lipinski definition) is 1. The van der Waals surface area contributed by atoms with Gasteiger partial charge in [0, 0.05) is 10.5 Å². The van der Waals surface area contributed by atoms with Crippen molar-refractivity contribution in [3.05, 3.63) is 46.2 Å². The fraction of sp³-hybridized carbons (Fsp3) is 0.273. The van der Waals surface area contributed by atoms with Gasteiger partial charge in [-0.3, -0.25) is 0 Å². The second-order valence-corrected chi connectivity index (χ2v) is 4.39. The molecule has 1 aromatic carbocycles. The van der Waals surface area contributed by atoms with Crippen LogP contribution in [0.3, 0.4) is 0 Å². The minimum Gasteiger partial charge on any atom is -0.324 e. The van der Waals surface area contributed by atoms with Crippen molar-refractivity contribution >= 4 is 28.3 Å². The maximum Gasteiger partial charge on any atom is 0.124 e. The summed E-state index contributed by atoms with van der Waals surface area (Å²) >= 11 is 3.23. The monoisotopic (exact) mass is 293 g/mol. The Morgan fingerprint density at radius 3 is 2.60 bits per heavy atom. The summed E-state index contributed by atoms with van der Waals surface area (Å²) in [4.78, 5) is 0. The lowest BCUT2D eigenvalue weighted by Crippen LogP contribution is -2.10. The molecule has 0 fully saturated rings. The number of hydrogen-bond donors (Lipinski definition) is 1. The van der Waals surface area contributed by atoms with Gasteiger partial charge in [-0.15, -0.1) is 19.0 Å². The van der Waals surface area contributed by atoms with Gasteiger partial charge in [0.05, 0.1) is 0 Å². The molecule has 0 amide bonds. The van der Waals surface area contributed by atoms with E-state index in [4.69, 9.17) is 5.73 Å². The zero-order valence-electron chi connectivity index (χ0n) is 8.47. The van der Waals surface area contributed by atoms with Gasteiger partial charge < -0.3 is 5.73 Å². The van der Waals surface area contributed by atoms with E-state index in [2.05, 4.69) is 22.5 Å². The maximum atomic E-state index is 13.0. The molecule has 0 saturated carbocycles. The van der Waals surface area contributed by atoms with E-state index in [1.807, 2.05) is 13.0 Å². The van der Waals surface area contributed by atoms with Crippen LogP contribution in [0.5, 0.6) is 0 Å². The zero-order valence-corrected chi connectivity index (χ0v) is 10.9. The van der Waals surface area contributed by atoms with Crippen molar-refractivity contribution in [3.8, 4) is 0 Å². The van der Waals surface area contributed by atoms with Gasteiger partial charge in [-0.05, 0) is 37.1 Å². The molecule has 1 aromatic rings. The lowest BCUT2D eigenvalue weighted by atomic mass is 10.0. The van der Waals surface area contributed by atoms with Gasteiger partial charge in [0.25, 0.3) is 0 Å². The highest BCUT2D eigenvalue weighted by Crippen LogP contribution is 2.22. The van der Waals surface area contributed by atoms with Gasteiger partial charge in [-0.2, -0.15) is 0 Å². The van der Waals surface area contributed by atoms with Crippen LogP contribution in [0.1, 0.15) is 24.9 Å². The van der Waals surface area contributed by atoms with Crippen molar-refractivity contribution < 1.29 is 4.39 Å². The molecule has 84 valence electrons. The molecular formula is C11H14BrClFN. The summed E-state index contributed by atoms with van der Waals surface area (Å²) in [6.45, 7) is 5.69. The Balaban J connectivity index is 0.00000196. The molecule has 0 aromatic heterocycles. The molecule has 4 heteroatoms. The summed E-state index contributed by atoms with van der Waals surface area (Å²) in [5.41, 5.74) is 7.67. The van der Waals surface area contributed by atoms with Crippen LogP contribution in [-0.2, 0) is 0 Å². The number of rotatable bonds is 3. The molecule has 0 aliphatic rings. The van der Waals surface area contributed by atoms with E-state index < -0.39 is 0 Å². The van der Waals surface area contributed by atoms with Crippen molar-refractivity contribution in [2.75, 3.05) is 0 Å². The first-order valence-electron chi connectivity index (χ1n) is 4.35. The van der Waals surface area contributed by atoms with Gasteiger partial charge in [0.15, 0.2) is 0 Å². The summed E-state index contributed by atoms with van der Waals surface area (Å²) in [5.74, 6) is -0.272. The molecule has 1 atom stereocenters. The van der Waals surface area contributed by atoms with Crippen molar-refractivity contribution in [2.24, 2.45) is 5.73 Å². The van der Waals surface area contributed by atoms with Crippen molar-refractivity contribution in [3.63, 3.8) is 0 Å². The van der Waals surface area contributed by atoms with Gasteiger partial charge in [0.2, 0.25) is 0 Å². The van der Waals surface area contributed by atoms with E-state index in [1.54, 1.807) is 0 Å². The minimum absolute atomic E-state index is 0. The van der Waals surface area contributed by atoms with Crippen molar-refractivity contribution in [1.29, 1.82) is 0 Å². The summed E-state index contributed by atoms with van der Waals surface area (Å²) in [6.07, 6.45) is 0.676. The Bertz CT molecular complexity index is 334. The highest BCUT2D eigenvalue weighted by Gasteiger charge is 2.08. The Morgan fingerprint density at radius 1 is 1.53 bits per heavy atom. The van der Waals surface area contributed by atoms with Crippen LogP contribution < -0.4 is 5.73 Å². The Labute approximate surface area is 104 Å². The molecule has 0 saturated heterocycles. The molecule has 1 rings (SSSR count). The lowest BCUT2D eigenvalue weighted by molar-refractivity contribution is 0.617. The predicted molar refractivity (Wildman–Crippen MR) is 67.7 cm³/mol. The molecule has 0 unspecified atom stereocenters. The Morgan fingerprint density at radius 2 is 2.13 bits per heavy atom. The average Bonchev–Trinajstić information content (AvgIpc) is 2.00. The number of nitrogens with two attached hydrogens (primary N) is 1. The first-order valence-corrected chi connectivity index (χ1v) is 5.14. The maximum absolute atomic E-state index is 13.0. The van der Waals surface area contributed by atoms with Gasteiger partial charge in [0.1, 0.15) is 5.82 Å². The summed E-state index contributed by atoms with van der Waals surface area (Å²) in [5, 5.41) is 0. The summed E-state index contributed by atoms with van der Waals surface area (Å²) in [7, 11) is 0. The third-order valence-corrected chi connectivity index (χ3v) is 2.34. The lowest BCUT2D eigenvalue weighted by Gasteiger charge is -2.12. The van der Waals surface area contributed by atoms with E-state index in [0.717, 1.165) is 11.1 Å². The molecule has 0 radical (unpaired) electrons. The largest absolute Gasteiger partial charge is 0.324 e. The first kappa shape index (κ1) is 14.6. The van der Waals surface area contributed by atoms with E-state index in [0.29, 0.717) is 10.9 Å². The summed E-state index contributed by atoms with van der Waals surface area (Å²) in [6, 6.07) is 4.52. The second-order valence-electron chi connectivity index (χ2n) is 3.47. The molecule has 0 spiro atoms. The van der Waals surface area contributed by atoms with Crippen molar-refractivity contribution in [2.45, 2.75) is 19.4 Å². The van der Waals surface area contributed by atoms with E-state index >= 15 is 0 Å². The Kier molecular flexibility index (Phi) is 6.10. The number of benzene rings is 1. The quantitative estimate of drug-likeness (QED) is 0.839. The zero-order chi connectivity index (χ0) is 10.7. The van der Waals surface area contributed by atoms with Crippen LogP contribution in [0.2, 0.25) is 0 Å². The second kappa shape index (κ2) is 6.26. The molecule has 0 heterocycles. The van der Waals surface area contributed by atoms with Crippen LogP contribution >= 0.6 is 28.3 Å². The van der Waals surface area contributed by atoms with Crippen LogP contribution in [0, 0.1) is 5.82 Å². The third kappa shape index (κ3) is 4.78. The van der Waals surface area contributed by atoms with Gasteiger partial charge in [-0.1, -0.05) is 21.5 Å². The summed E-state index contributed by atoms with van der Waals surface area (Å²) < 4.78 is 13.7. The van der Waals surface area contributed by atoms with Crippen LogP contribution in [0.4, 0.5) is 4.39 Å². The first-order chi connectivity index (χ1) is 6.49. The molecule has 15 heavy (non-hydrogen) atoms. The standard InChI is InChI=1S/C11H13BrFN.ClH/c1-7(2)3-11(14)8-4-9(12)6-10(13)5-8;/h4-6,11H,1,3,14H2,2H3;1H/t11-;/m1./s1.